The number of aliphatic hydroxyl groups is 1. The fourth-order valence-electron chi connectivity index (χ4n) is 2.07. The van der Waals surface area contributed by atoms with E-state index in [0.717, 1.165) is 0 Å². The van der Waals surface area contributed by atoms with Crippen LogP contribution in [0, 0.1) is 0 Å². The van der Waals surface area contributed by atoms with Crippen LogP contribution in [-0.4, -0.2) is 36.0 Å². The molecule has 0 saturated carbocycles. The standard InChI is InChI=1S/C15H15F3N2O4/c1-8(21)11-12(9-3-5-10(23-2)6-4-9)20-24-13(11)14(22)19-7-15(16,17)18/h3-6,8,21H,7H2,1-2H3,(H,19,22)/t8-/m0/s1. The second-order valence-corrected chi connectivity index (χ2v) is 4.98. The van der Waals surface area contributed by atoms with Crippen LogP contribution in [0.1, 0.15) is 29.1 Å². The van der Waals surface area contributed by atoms with E-state index in [4.69, 9.17) is 9.26 Å². The first-order valence-electron chi connectivity index (χ1n) is 6.90. The van der Waals surface area contributed by atoms with E-state index >= 15 is 0 Å². The van der Waals surface area contributed by atoms with Gasteiger partial charge in [0, 0.05) is 5.56 Å². The number of halogens is 3. The molecule has 24 heavy (non-hydrogen) atoms. The minimum absolute atomic E-state index is 0.0137. The van der Waals surface area contributed by atoms with Crippen LogP contribution in [0.2, 0.25) is 0 Å². The zero-order chi connectivity index (χ0) is 17.9. The van der Waals surface area contributed by atoms with Gasteiger partial charge < -0.3 is 19.7 Å². The summed E-state index contributed by atoms with van der Waals surface area (Å²) in [6.45, 7) is -0.149. The molecule has 0 unspecified atom stereocenters. The summed E-state index contributed by atoms with van der Waals surface area (Å²) in [6.07, 6.45) is -5.72. The van der Waals surface area contributed by atoms with Crippen molar-refractivity contribution in [2.75, 3.05) is 13.7 Å². The smallest absolute Gasteiger partial charge is 0.405 e. The average Bonchev–Trinajstić information content (AvgIpc) is 2.97. The third kappa shape index (κ3) is 4.05. The minimum atomic E-state index is -4.56. The number of hydrogen-bond acceptors (Lipinski definition) is 5. The number of amides is 1. The fraction of sp³-hybridized carbons (Fsp3) is 0.333. The number of aliphatic hydroxyl groups excluding tert-OH is 1. The number of nitrogens with zero attached hydrogens (tertiary/aromatic N) is 1. The lowest BCUT2D eigenvalue weighted by Gasteiger charge is -2.09. The highest BCUT2D eigenvalue weighted by molar-refractivity contribution is 5.94. The predicted octanol–water partition coefficient (Wildman–Crippen LogP) is 2.70. The number of carbonyl (C=O) groups excluding carboxylic acids is 1. The van der Waals surface area contributed by atoms with Gasteiger partial charge in [-0.1, -0.05) is 5.16 Å². The van der Waals surface area contributed by atoms with Gasteiger partial charge in [-0.15, -0.1) is 0 Å². The third-order valence-corrected chi connectivity index (χ3v) is 3.16. The van der Waals surface area contributed by atoms with E-state index in [1.54, 1.807) is 29.6 Å². The van der Waals surface area contributed by atoms with E-state index < -0.39 is 30.5 Å². The molecule has 1 amide bonds. The number of aromatic nitrogens is 1. The molecule has 2 rings (SSSR count). The lowest BCUT2D eigenvalue weighted by molar-refractivity contribution is -0.123. The van der Waals surface area contributed by atoms with Crippen LogP contribution in [0.15, 0.2) is 28.8 Å². The molecule has 6 nitrogen and oxygen atoms in total. The van der Waals surface area contributed by atoms with Crippen molar-refractivity contribution in [2.45, 2.75) is 19.2 Å². The first-order valence-corrected chi connectivity index (χ1v) is 6.90. The van der Waals surface area contributed by atoms with E-state index in [1.807, 2.05) is 0 Å². The summed E-state index contributed by atoms with van der Waals surface area (Å²) in [5, 5.41) is 15.3. The average molecular weight is 344 g/mol. The van der Waals surface area contributed by atoms with E-state index in [-0.39, 0.29) is 11.3 Å². The van der Waals surface area contributed by atoms with Gasteiger partial charge >= 0.3 is 6.18 Å². The summed E-state index contributed by atoms with van der Waals surface area (Å²) in [7, 11) is 1.50. The Hall–Kier alpha value is -2.55. The molecule has 1 aromatic carbocycles. The zero-order valence-electron chi connectivity index (χ0n) is 12.8. The van der Waals surface area contributed by atoms with Crippen molar-refractivity contribution in [3.63, 3.8) is 0 Å². The molecule has 0 aliphatic heterocycles. The number of alkyl halides is 3. The lowest BCUT2D eigenvalue weighted by atomic mass is 10.0. The Morgan fingerprint density at radius 1 is 1.38 bits per heavy atom. The van der Waals surface area contributed by atoms with Gasteiger partial charge in [0.15, 0.2) is 0 Å². The number of methoxy groups -OCH3 is 1. The summed E-state index contributed by atoms with van der Waals surface area (Å²) in [6, 6.07) is 6.53. The van der Waals surface area contributed by atoms with Crippen LogP contribution in [0.4, 0.5) is 13.2 Å². The largest absolute Gasteiger partial charge is 0.497 e. The monoisotopic (exact) mass is 344 g/mol. The van der Waals surface area contributed by atoms with Crippen molar-refractivity contribution in [1.29, 1.82) is 0 Å². The maximum Gasteiger partial charge on any atom is 0.405 e. The summed E-state index contributed by atoms with van der Waals surface area (Å²) in [5.41, 5.74) is 0.704. The van der Waals surface area contributed by atoms with Crippen LogP contribution in [-0.2, 0) is 0 Å². The summed E-state index contributed by atoms with van der Waals surface area (Å²) in [5.74, 6) is -0.973. The minimum Gasteiger partial charge on any atom is -0.497 e. The van der Waals surface area contributed by atoms with Gasteiger partial charge in [0.1, 0.15) is 18.0 Å². The number of hydrogen-bond donors (Lipinski definition) is 2. The number of rotatable bonds is 5. The van der Waals surface area contributed by atoms with Crippen LogP contribution in [0.3, 0.4) is 0 Å². The molecule has 2 aromatic rings. The molecule has 0 spiro atoms. The van der Waals surface area contributed by atoms with E-state index in [2.05, 4.69) is 5.16 Å². The summed E-state index contributed by atoms with van der Waals surface area (Å²) < 4.78 is 46.5. The molecule has 1 heterocycles. The highest BCUT2D eigenvalue weighted by Gasteiger charge is 2.31. The van der Waals surface area contributed by atoms with Gasteiger partial charge in [0.05, 0.1) is 18.8 Å². The Morgan fingerprint density at radius 3 is 2.50 bits per heavy atom. The molecule has 9 heteroatoms. The highest BCUT2D eigenvalue weighted by atomic mass is 19.4. The summed E-state index contributed by atoms with van der Waals surface area (Å²) in [4.78, 5) is 11.9. The fourth-order valence-corrected chi connectivity index (χ4v) is 2.07. The van der Waals surface area contributed by atoms with Crippen molar-refractivity contribution in [2.24, 2.45) is 0 Å². The van der Waals surface area contributed by atoms with Crippen molar-refractivity contribution in [3.8, 4) is 17.0 Å². The van der Waals surface area contributed by atoms with E-state index in [0.29, 0.717) is 11.3 Å². The highest BCUT2D eigenvalue weighted by Crippen LogP contribution is 2.31. The Morgan fingerprint density at radius 2 is 2.00 bits per heavy atom. The van der Waals surface area contributed by atoms with Gasteiger partial charge in [-0.05, 0) is 31.2 Å². The quantitative estimate of drug-likeness (QED) is 0.871. The van der Waals surface area contributed by atoms with Crippen LogP contribution in [0.25, 0.3) is 11.3 Å². The first kappa shape index (κ1) is 17.8. The molecule has 0 radical (unpaired) electrons. The SMILES string of the molecule is COc1ccc(-c2noc(C(=O)NCC(F)(F)F)c2[C@H](C)O)cc1. The molecule has 0 fully saturated rings. The van der Waals surface area contributed by atoms with Crippen molar-refractivity contribution >= 4 is 5.91 Å². The molecule has 130 valence electrons. The molecule has 2 N–H and O–H groups in total. The maximum atomic E-state index is 12.2. The first-order chi connectivity index (χ1) is 11.2. The Kier molecular flexibility index (Phi) is 5.13. The number of nitrogens with one attached hydrogen (secondary N) is 1. The third-order valence-electron chi connectivity index (χ3n) is 3.16. The van der Waals surface area contributed by atoms with Crippen LogP contribution in [0.5, 0.6) is 5.75 Å². The van der Waals surface area contributed by atoms with Gasteiger partial charge in [0.25, 0.3) is 5.91 Å². The summed E-state index contributed by atoms with van der Waals surface area (Å²) >= 11 is 0. The topological polar surface area (TPSA) is 84.6 Å². The van der Waals surface area contributed by atoms with Crippen LogP contribution >= 0.6 is 0 Å². The lowest BCUT2D eigenvalue weighted by Crippen LogP contribution is -2.34. The van der Waals surface area contributed by atoms with Gasteiger partial charge in [0.2, 0.25) is 5.76 Å². The zero-order valence-corrected chi connectivity index (χ0v) is 12.8. The molecular weight excluding hydrogens is 329 g/mol. The second kappa shape index (κ2) is 6.91. The van der Waals surface area contributed by atoms with Crippen molar-refractivity contribution < 1.29 is 32.3 Å². The molecule has 0 aliphatic rings. The number of ether oxygens (including phenoxy) is 1. The molecule has 0 saturated heterocycles. The molecular formula is C15H15F3N2O4. The van der Waals surface area contributed by atoms with Crippen molar-refractivity contribution in [1.82, 2.24) is 10.5 Å². The molecule has 1 aromatic heterocycles. The van der Waals surface area contributed by atoms with Gasteiger partial charge in [-0.3, -0.25) is 4.79 Å². The van der Waals surface area contributed by atoms with Crippen LogP contribution < -0.4 is 10.1 Å². The molecule has 0 bridgehead atoms. The number of carbonyl (C=O) groups is 1. The Balaban J connectivity index is 2.34. The Bertz CT molecular complexity index is 708. The Labute approximate surface area is 135 Å². The maximum absolute atomic E-state index is 12.2. The molecule has 0 aliphatic carbocycles. The predicted molar refractivity (Wildman–Crippen MR) is 77.5 cm³/mol. The second-order valence-electron chi connectivity index (χ2n) is 4.98. The normalized spacial score (nSPS) is 12.8. The number of benzene rings is 1. The van der Waals surface area contributed by atoms with E-state index in [1.165, 1.54) is 14.0 Å². The van der Waals surface area contributed by atoms with E-state index in [9.17, 15) is 23.1 Å². The van der Waals surface area contributed by atoms with Crippen molar-refractivity contribution in [3.05, 3.63) is 35.6 Å². The van der Waals surface area contributed by atoms with Gasteiger partial charge in [-0.25, -0.2) is 0 Å². The molecule has 1 atom stereocenters. The van der Waals surface area contributed by atoms with Gasteiger partial charge in [-0.2, -0.15) is 13.2 Å².